The van der Waals surface area contributed by atoms with E-state index in [1.54, 1.807) is 16.9 Å². The van der Waals surface area contributed by atoms with Gasteiger partial charge in [0.2, 0.25) is 0 Å². The fourth-order valence-corrected chi connectivity index (χ4v) is 2.30. The lowest BCUT2D eigenvalue weighted by atomic mass is 10.1. The standard InChI is InChI=1S/C15H12ClFN4/c1-9-3-10(5-12(17)4-9)15-19-13(6-14(16)20-15)11-7-18-21(2)8-11/h3-8H,1-2H3. The fourth-order valence-electron chi connectivity index (χ4n) is 2.11. The Bertz CT molecular complexity index is 793. The number of aryl methyl sites for hydroxylation is 2. The Morgan fingerprint density at radius 3 is 2.57 bits per heavy atom. The first-order valence-electron chi connectivity index (χ1n) is 6.32. The highest BCUT2D eigenvalue weighted by molar-refractivity contribution is 6.29. The minimum Gasteiger partial charge on any atom is -0.275 e. The number of hydrogen-bond acceptors (Lipinski definition) is 3. The van der Waals surface area contributed by atoms with E-state index in [1.165, 1.54) is 12.1 Å². The number of benzene rings is 1. The molecule has 0 radical (unpaired) electrons. The Kier molecular flexibility index (Phi) is 3.43. The van der Waals surface area contributed by atoms with Gasteiger partial charge in [0.25, 0.3) is 0 Å². The molecule has 3 rings (SSSR count). The van der Waals surface area contributed by atoms with Crippen LogP contribution < -0.4 is 0 Å². The number of hydrogen-bond donors (Lipinski definition) is 0. The maximum atomic E-state index is 13.5. The van der Waals surface area contributed by atoms with Gasteiger partial charge in [0.05, 0.1) is 11.9 Å². The van der Waals surface area contributed by atoms with Crippen LogP contribution in [0.25, 0.3) is 22.6 Å². The van der Waals surface area contributed by atoms with Crippen LogP contribution in [0.1, 0.15) is 5.56 Å². The van der Waals surface area contributed by atoms with Gasteiger partial charge >= 0.3 is 0 Å². The van der Waals surface area contributed by atoms with E-state index in [2.05, 4.69) is 15.1 Å². The molecule has 1 aromatic carbocycles. The topological polar surface area (TPSA) is 43.6 Å². The summed E-state index contributed by atoms with van der Waals surface area (Å²) >= 11 is 6.06. The molecular formula is C15H12ClFN4. The minimum atomic E-state index is -0.323. The highest BCUT2D eigenvalue weighted by atomic mass is 35.5. The van der Waals surface area contributed by atoms with Gasteiger partial charge in [0.15, 0.2) is 5.82 Å². The highest BCUT2D eigenvalue weighted by Crippen LogP contribution is 2.25. The molecule has 21 heavy (non-hydrogen) atoms. The third-order valence-corrected chi connectivity index (χ3v) is 3.19. The Morgan fingerprint density at radius 2 is 1.90 bits per heavy atom. The average molecular weight is 303 g/mol. The summed E-state index contributed by atoms with van der Waals surface area (Å²) in [5.74, 6) is 0.0699. The molecule has 0 aliphatic heterocycles. The maximum absolute atomic E-state index is 13.5. The van der Waals surface area contributed by atoms with Gasteiger partial charge in [0.1, 0.15) is 11.0 Å². The van der Waals surface area contributed by atoms with Crippen molar-refractivity contribution in [3.8, 4) is 22.6 Å². The van der Waals surface area contributed by atoms with Crippen LogP contribution >= 0.6 is 11.6 Å². The maximum Gasteiger partial charge on any atom is 0.161 e. The van der Waals surface area contributed by atoms with Crippen LogP contribution in [-0.4, -0.2) is 19.7 Å². The molecule has 0 N–H and O–H groups in total. The zero-order valence-electron chi connectivity index (χ0n) is 11.5. The van der Waals surface area contributed by atoms with E-state index in [4.69, 9.17) is 11.6 Å². The van der Waals surface area contributed by atoms with Gasteiger partial charge in [-0.15, -0.1) is 0 Å². The van der Waals surface area contributed by atoms with Crippen LogP contribution in [0.2, 0.25) is 5.15 Å². The van der Waals surface area contributed by atoms with Crippen molar-refractivity contribution in [3.05, 3.63) is 53.2 Å². The van der Waals surface area contributed by atoms with E-state index in [9.17, 15) is 4.39 Å². The highest BCUT2D eigenvalue weighted by Gasteiger charge is 2.10. The van der Waals surface area contributed by atoms with Crippen molar-refractivity contribution in [2.45, 2.75) is 6.92 Å². The third kappa shape index (κ3) is 2.92. The molecule has 0 bridgehead atoms. The van der Waals surface area contributed by atoms with Crippen LogP contribution in [0.5, 0.6) is 0 Å². The number of halogens is 2. The summed E-state index contributed by atoms with van der Waals surface area (Å²) in [4.78, 5) is 8.63. The number of aromatic nitrogens is 4. The molecule has 0 fully saturated rings. The lowest BCUT2D eigenvalue weighted by molar-refractivity contribution is 0.627. The van der Waals surface area contributed by atoms with Gasteiger partial charge in [-0.2, -0.15) is 5.10 Å². The smallest absolute Gasteiger partial charge is 0.161 e. The van der Waals surface area contributed by atoms with Crippen LogP contribution in [0, 0.1) is 12.7 Å². The first kappa shape index (κ1) is 13.7. The van der Waals surface area contributed by atoms with Gasteiger partial charge in [-0.3, -0.25) is 4.68 Å². The van der Waals surface area contributed by atoms with Crippen LogP contribution in [0.3, 0.4) is 0 Å². The second-order valence-electron chi connectivity index (χ2n) is 4.82. The van der Waals surface area contributed by atoms with E-state index in [1.807, 2.05) is 26.2 Å². The Balaban J connectivity index is 2.13. The molecule has 0 amide bonds. The molecule has 0 unspecified atom stereocenters. The Labute approximate surface area is 126 Å². The zero-order valence-corrected chi connectivity index (χ0v) is 12.3. The van der Waals surface area contributed by atoms with E-state index in [-0.39, 0.29) is 5.82 Å². The Hall–Kier alpha value is -2.27. The lowest BCUT2D eigenvalue weighted by Crippen LogP contribution is -1.94. The summed E-state index contributed by atoms with van der Waals surface area (Å²) in [5, 5.41) is 4.41. The van der Waals surface area contributed by atoms with E-state index in [0.29, 0.717) is 22.2 Å². The quantitative estimate of drug-likeness (QED) is 0.679. The first-order chi connectivity index (χ1) is 10.0. The summed E-state index contributed by atoms with van der Waals surface area (Å²) in [6, 6.07) is 6.33. The molecule has 0 saturated heterocycles. The molecule has 2 heterocycles. The summed E-state index contributed by atoms with van der Waals surface area (Å²) in [5.41, 5.74) is 2.88. The van der Waals surface area contributed by atoms with Crippen molar-refractivity contribution >= 4 is 11.6 Å². The molecule has 2 aromatic heterocycles. The second-order valence-corrected chi connectivity index (χ2v) is 5.21. The fraction of sp³-hybridized carbons (Fsp3) is 0.133. The summed E-state index contributed by atoms with van der Waals surface area (Å²) < 4.78 is 15.2. The van der Waals surface area contributed by atoms with Crippen molar-refractivity contribution in [1.82, 2.24) is 19.7 Å². The third-order valence-electron chi connectivity index (χ3n) is 3.00. The van der Waals surface area contributed by atoms with Crippen LogP contribution in [0.4, 0.5) is 4.39 Å². The molecular weight excluding hydrogens is 291 g/mol. The Morgan fingerprint density at radius 1 is 1.10 bits per heavy atom. The van der Waals surface area contributed by atoms with Crippen molar-refractivity contribution in [2.24, 2.45) is 7.05 Å². The van der Waals surface area contributed by atoms with Crippen LogP contribution in [-0.2, 0) is 7.05 Å². The molecule has 6 heteroatoms. The number of rotatable bonds is 2. The van der Waals surface area contributed by atoms with Crippen molar-refractivity contribution in [2.75, 3.05) is 0 Å². The van der Waals surface area contributed by atoms with Gasteiger partial charge in [0, 0.05) is 30.4 Å². The van der Waals surface area contributed by atoms with Crippen molar-refractivity contribution in [3.63, 3.8) is 0 Å². The zero-order chi connectivity index (χ0) is 15.0. The SMILES string of the molecule is Cc1cc(F)cc(-c2nc(Cl)cc(-c3cnn(C)c3)n2)c1. The lowest BCUT2D eigenvalue weighted by Gasteiger charge is -2.05. The molecule has 3 aromatic rings. The van der Waals surface area contributed by atoms with Gasteiger partial charge in [-0.25, -0.2) is 14.4 Å². The van der Waals surface area contributed by atoms with Crippen LogP contribution in [0.15, 0.2) is 36.7 Å². The van der Waals surface area contributed by atoms with E-state index < -0.39 is 0 Å². The second kappa shape index (κ2) is 5.26. The summed E-state index contributed by atoms with van der Waals surface area (Å²) in [7, 11) is 1.82. The normalized spacial score (nSPS) is 10.9. The van der Waals surface area contributed by atoms with Gasteiger partial charge in [-0.05, 0) is 30.7 Å². The molecule has 4 nitrogen and oxygen atoms in total. The molecule has 0 saturated carbocycles. The van der Waals surface area contributed by atoms with Gasteiger partial charge < -0.3 is 0 Å². The monoisotopic (exact) mass is 302 g/mol. The average Bonchev–Trinajstić information content (AvgIpc) is 2.83. The predicted octanol–water partition coefficient (Wildman–Crippen LogP) is 3.65. The predicted molar refractivity (Wildman–Crippen MR) is 79.4 cm³/mol. The molecule has 0 aliphatic rings. The molecule has 0 spiro atoms. The molecule has 0 atom stereocenters. The first-order valence-corrected chi connectivity index (χ1v) is 6.70. The molecule has 0 aliphatic carbocycles. The van der Waals surface area contributed by atoms with E-state index in [0.717, 1.165) is 11.1 Å². The number of nitrogens with zero attached hydrogens (tertiary/aromatic N) is 4. The summed E-state index contributed by atoms with van der Waals surface area (Å²) in [6.07, 6.45) is 3.53. The van der Waals surface area contributed by atoms with Crippen molar-refractivity contribution in [1.29, 1.82) is 0 Å². The minimum absolute atomic E-state index is 0.306. The largest absolute Gasteiger partial charge is 0.275 e. The summed E-state index contributed by atoms with van der Waals surface area (Å²) in [6.45, 7) is 1.82. The van der Waals surface area contributed by atoms with Gasteiger partial charge in [-0.1, -0.05) is 11.6 Å². The molecule has 106 valence electrons. The van der Waals surface area contributed by atoms with Crippen molar-refractivity contribution < 1.29 is 4.39 Å². The van der Waals surface area contributed by atoms with E-state index >= 15 is 0 Å².